The first-order valence-electron chi connectivity index (χ1n) is 7.11. The molecule has 0 spiro atoms. The standard InChI is InChI=1S/C16H18N2O4/c1-13-6-2-3-7-15(13)22-11-5-4-10-17-12-14(18(20)21)8-9-16(17)19/h2-3,6-9,12H,4-5,10-11H2,1H3. The topological polar surface area (TPSA) is 74.4 Å². The minimum absolute atomic E-state index is 0.0734. The largest absolute Gasteiger partial charge is 0.493 e. The zero-order chi connectivity index (χ0) is 15.9. The number of nitrogens with zero attached hydrogens (tertiary/aromatic N) is 2. The summed E-state index contributed by atoms with van der Waals surface area (Å²) in [4.78, 5) is 21.8. The van der Waals surface area contributed by atoms with E-state index in [1.165, 1.54) is 22.9 Å². The Kier molecular flexibility index (Phi) is 5.30. The minimum atomic E-state index is -0.503. The number of benzene rings is 1. The third kappa shape index (κ3) is 4.18. The van der Waals surface area contributed by atoms with E-state index in [1.807, 2.05) is 31.2 Å². The van der Waals surface area contributed by atoms with E-state index in [2.05, 4.69) is 0 Å². The second-order valence-corrected chi connectivity index (χ2v) is 5.00. The van der Waals surface area contributed by atoms with Gasteiger partial charge in [0.1, 0.15) is 5.75 Å². The van der Waals surface area contributed by atoms with Crippen LogP contribution < -0.4 is 10.3 Å². The lowest BCUT2D eigenvalue weighted by Crippen LogP contribution is -2.19. The zero-order valence-electron chi connectivity index (χ0n) is 12.4. The molecular weight excluding hydrogens is 284 g/mol. The van der Waals surface area contributed by atoms with E-state index < -0.39 is 4.92 Å². The average Bonchev–Trinajstić information content (AvgIpc) is 2.50. The van der Waals surface area contributed by atoms with Gasteiger partial charge in [-0.1, -0.05) is 18.2 Å². The van der Waals surface area contributed by atoms with Crippen molar-refractivity contribution in [3.63, 3.8) is 0 Å². The lowest BCUT2D eigenvalue weighted by Gasteiger charge is -2.09. The summed E-state index contributed by atoms with van der Waals surface area (Å²) in [5.74, 6) is 0.856. The van der Waals surface area contributed by atoms with Gasteiger partial charge in [0.2, 0.25) is 0 Å². The van der Waals surface area contributed by atoms with E-state index in [9.17, 15) is 14.9 Å². The first kappa shape index (κ1) is 15.8. The number of aromatic nitrogens is 1. The molecule has 2 rings (SSSR count). The van der Waals surface area contributed by atoms with E-state index in [0.29, 0.717) is 19.6 Å². The molecule has 0 aliphatic carbocycles. The van der Waals surface area contributed by atoms with Crippen molar-refractivity contribution < 1.29 is 9.66 Å². The van der Waals surface area contributed by atoms with E-state index in [4.69, 9.17) is 4.74 Å². The number of nitro groups is 1. The van der Waals surface area contributed by atoms with Gasteiger partial charge in [0.15, 0.2) is 0 Å². The highest BCUT2D eigenvalue weighted by Gasteiger charge is 2.07. The van der Waals surface area contributed by atoms with Crippen molar-refractivity contribution in [2.24, 2.45) is 0 Å². The molecule has 116 valence electrons. The number of aryl methyl sites for hydroxylation is 2. The maximum atomic E-state index is 11.6. The Balaban J connectivity index is 1.82. The molecule has 1 aromatic carbocycles. The lowest BCUT2D eigenvalue weighted by molar-refractivity contribution is -0.385. The molecule has 0 aliphatic heterocycles. The summed E-state index contributed by atoms with van der Waals surface area (Å²) in [6.45, 7) is 2.98. The Morgan fingerprint density at radius 2 is 1.95 bits per heavy atom. The Bertz CT molecular complexity index is 709. The van der Waals surface area contributed by atoms with Crippen LogP contribution in [0.15, 0.2) is 47.4 Å². The van der Waals surface area contributed by atoms with Crippen LogP contribution in [-0.4, -0.2) is 16.1 Å². The molecule has 1 heterocycles. The number of ether oxygens (including phenoxy) is 1. The second-order valence-electron chi connectivity index (χ2n) is 5.00. The third-order valence-electron chi connectivity index (χ3n) is 3.32. The molecule has 2 aromatic rings. The van der Waals surface area contributed by atoms with E-state index >= 15 is 0 Å². The fourth-order valence-corrected chi connectivity index (χ4v) is 2.09. The molecule has 0 aliphatic rings. The van der Waals surface area contributed by atoms with Crippen LogP contribution in [0.2, 0.25) is 0 Å². The number of para-hydroxylation sites is 1. The van der Waals surface area contributed by atoms with Gasteiger partial charge in [0, 0.05) is 18.7 Å². The Morgan fingerprint density at radius 3 is 2.68 bits per heavy atom. The molecule has 1 aromatic heterocycles. The molecule has 6 nitrogen and oxygen atoms in total. The Morgan fingerprint density at radius 1 is 1.18 bits per heavy atom. The van der Waals surface area contributed by atoms with Gasteiger partial charge in [-0.05, 0) is 31.4 Å². The van der Waals surface area contributed by atoms with E-state index in [0.717, 1.165) is 17.7 Å². The van der Waals surface area contributed by atoms with Gasteiger partial charge in [-0.2, -0.15) is 0 Å². The quantitative estimate of drug-likeness (QED) is 0.448. The van der Waals surface area contributed by atoms with Crippen LogP contribution >= 0.6 is 0 Å². The van der Waals surface area contributed by atoms with Crippen LogP contribution in [0, 0.1) is 17.0 Å². The summed E-state index contributed by atoms with van der Waals surface area (Å²) < 4.78 is 7.04. The molecule has 0 radical (unpaired) electrons. The van der Waals surface area contributed by atoms with Gasteiger partial charge < -0.3 is 9.30 Å². The summed E-state index contributed by atoms with van der Waals surface area (Å²) in [7, 11) is 0. The van der Waals surface area contributed by atoms with Gasteiger partial charge in [-0.25, -0.2) is 0 Å². The zero-order valence-corrected chi connectivity index (χ0v) is 12.4. The number of pyridine rings is 1. The molecule has 6 heteroatoms. The molecular formula is C16H18N2O4. The number of hydrogen-bond acceptors (Lipinski definition) is 4. The summed E-state index contributed by atoms with van der Waals surface area (Å²) in [5, 5.41) is 10.7. The first-order chi connectivity index (χ1) is 10.6. The van der Waals surface area contributed by atoms with E-state index in [-0.39, 0.29) is 11.2 Å². The maximum absolute atomic E-state index is 11.6. The molecule has 0 bridgehead atoms. The van der Waals surface area contributed by atoms with Gasteiger partial charge in [0.05, 0.1) is 17.7 Å². The van der Waals surface area contributed by atoms with E-state index in [1.54, 1.807) is 0 Å². The third-order valence-corrected chi connectivity index (χ3v) is 3.32. The van der Waals surface area contributed by atoms with Gasteiger partial charge in [-0.3, -0.25) is 14.9 Å². The predicted molar refractivity (Wildman–Crippen MR) is 83.3 cm³/mol. The fraction of sp³-hybridized carbons (Fsp3) is 0.312. The smallest absolute Gasteiger partial charge is 0.285 e. The lowest BCUT2D eigenvalue weighted by atomic mass is 10.2. The molecule has 0 saturated heterocycles. The highest BCUT2D eigenvalue weighted by molar-refractivity contribution is 5.31. The van der Waals surface area contributed by atoms with Crippen molar-refractivity contribution in [3.8, 4) is 5.75 Å². The number of rotatable bonds is 7. The Hall–Kier alpha value is -2.63. The molecule has 0 N–H and O–H groups in total. The normalized spacial score (nSPS) is 10.4. The van der Waals surface area contributed by atoms with Crippen molar-refractivity contribution >= 4 is 5.69 Å². The van der Waals surface area contributed by atoms with Crippen LogP contribution in [0.1, 0.15) is 18.4 Å². The number of unbranched alkanes of at least 4 members (excludes halogenated alkanes) is 1. The molecule has 22 heavy (non-hydrogen) atoms. The summed E-state index contributed by atoms with van der Waals surface area (Å²) >= 11 is 0. The Labute approximate surface area is 128 Å². The first-order valence-corrected chi connectivity index (χ1v) is 7.11. The van der Waals surface area contributed by atoms with Crippen LogP contribution in [0.3, 0.4) is 0 Å². The van der Waals surface area contributed by atoms with Gasteiger partial charge in [0.25, 0.3) is 11.2 Å². The SMILES string of the molecule is Cc1ccccc1OCCCCn1cc([N+](=O)[O-])ccc1=O. The molecule has 0 saturated carbocycles. The van der Waals surface area contributed by atoms with Crippen molar-refractivity contribution in [2.75, 3.05) is 6.61 Å². The molecule has 0 unspecified atom stereocenters. The van der Waals surface area contributed by atoms with Gasteiger partial charge >= 0.3 is 0 Å². The van der Waals surface area contributed by atoms with Crippen LogP contribution in [0.5, 0.6) is 5.75 Å². The fourth-order valence-electron chi connectivity index (χ4n) is 2.09. The molecule has 0 atom stereocenters. The van der Waals surface area contributed by atoms with Gasteiger partial charge in [-0.15, -0.1) is 0 Å². The molecule has 0 amide bonds. The van der Waals surface area contributed by atoms with Crippen LogP contribution in [0.4, 0.5) is 5.69 Å². The van der Waals surface area contributed by atoms with Crippen LogP contribution in [0.25, 0.3) is 0 Å². The summed E-state index contributed by atoms with van der Waals surface area (Å²) in [5.41, 5.74) is 0.776. The second kappa shape index (κ2) is 7.40. The van der Waals surface area contributed by atoms with Crippen molar-refractivity contribution in [2.45, 2.75) is 26.3 Å². The summed E-state index contributed by atoms with van der Waals surface area (Å²) in [6.07, 6.45) is 2.76. The highest BCUT2D eigenvalue weighted by Crippen LogP contribution is 2.16. The number of hydrogen-bond donors (Lipinski definition) is 0. The summed E-state index contributed by atoms with van der Waals surface area (Å²) in [6, 6.07) is 10.2. The van der Waals surface area contributed by atoms with Crippen molar-refractivity contribution in [1.82, 2.24) is 4.57 Å². The minimum Gasteiger partial charge on any atom is -0.493 e. The maximum Gasteiger partial charge on any atom is 0.285 e. The van der Waals surface area contributed by atoms with Crippen LogP contribution in [-0.2, 0) is 6.54 Å². The predicted octanol–water partition coefficient (Wildman–Crippen LogP) is 2.92. The molecule has 0 fully saturated rings. The average molecular weight is 302 g/mol. The monoisotopic (exact) mass is 302 g/mol. The van der Waals surface area contributed by atoms with Crippen molar-refractivity contribution in [3.05, 3.63) is 68.6 Å². The highest BCUT2D eigenvalue weighted by atomic mass is 16.6. The van der Waals surface area contributed by atoms with Crippen molar-refractivity contribution in [1.29, 1.82) is 0 Å².